The molecule has 0 spiro atoms. The number of nitrogens with zero attached hydrogens (tertiary/aromatic N) is 1. The number of rotatable bonds is 5. The Bertz CT molecular complexity index is 795. The topological polar surface area (TPSA) is 98.8 Å². The highest BCUT2D eigenvalue weighted by atomic mass is 32.2. The first-order valence-electron chi connectivity index (χ1n) is 9.22. The molecule has 0 aliphatic carbocycles. The van der Waals surface area contributed by atoms with Crippen LogP contribution in [0.2, 0.25) is 19.6 Å². The Morgan fingerprint density at radius 1 is 1.25 bits per heavy atom. The zero-order valence-corrected chi connectivity index (χ0v) is 18.5. The zero-order chi connectivity index (χ0) is 20.9. The molecule has 7 nitrogen and oxygen atoms in total. The van der Waals surface area contributed by atoms with Gasteiger partial charge in [0.05, 0.1) is 6.42 Å². The number of hydrogen-bond donors (Lipinski definition) is 1. The van der Waals surface area contributed by atoms with E-state index in [-0.39, 0.29) is 18.2 Å². The van der Waals surface area contributed by atoms with Crippen LogP contribution >= 0.6 is 0 Å². The van der Waals surface area contributed by atoms with Crippen molar-refractivity contribution in [3.05, 3.63) is 35.9 Å². The smallest absolute Gasteiger partial charge is 0.321 e. The van der Waals surface area contributed by atoms with Crippen LogP contribution in [0, 0.1) is 0 Å². The monoisotopic (exact) mass is 422 g/mol. The van der Waals surface area contributed by atoms with Crippen molar-refractivity contribution in [1.82, 2.24) is 10.2 Å². The van der Waals surface area contributed by atoms with E-state index in [4.69, 9.17) is 4.43 Å². The van der Waals surface area contributed by atoms with Gasteiger partial charge in [0.25, 0.3) is 5.91 Å². The van der Waals surface area contributed by atoms with Gasteiger partial charge in [0.15, 0.2) is 16.8 Å². The predicted octanol–water partition coefficient (Wildman–Crippen LogP) is 1.17. The summed E-state index contributed by atoms with van der Waals surface area (Å²) in [6, 6.07) is 7.41. The number of carbonyl (C=O) groups is 3. The predicted molar refractivity (Wildman–Crippen MR) is 108 cm³/mol. The lowest BCUT2D eigenvalue weighted by Gasteiger charge is -2.41. The van der Waals surface area contributed by atoms with Crippen LogP contribution < -0.4 is 5.32 Å². The van der Waals surface area contributed by atoms with Crippen molar-refractivity contribution < 1.29 is 23.4 Å². The van der Waals surface area contributed by atoms with Crippen LogP contribution in [0.1, 0.15) is 19.4 Å². The van der Waals surface area contributed by atoms with Gasteiger partial charge in [0.2, 0.25) is 19.6 Å². The second-order valence-corrected chi connectivity index (χ2v) is 15.2. The van der Waals surface area contributed by atoms with Gasteiger partial charge in [-0.05, 0) is 50.2 Å². The van der Waals surface area contributed by atoms with E-state index in [2.05, 4.69) is 5.32 Å². The number of benzene rings is 1. The maximum Gasteiger partial charge on any atom is 0.321 e. The van der Waals surface area contributed by atoms with Crippen molar-refractivity contribution in [3.63, 3.8) is 0 Å². The van der Waals surface area contributed by atoms with Crippen molar-refractivity contribution in [3.8, 4) is 0 Å². The van der Waals surface area contributed by atoms with Crippen molar-refractivity contribution in [2.75, 3.05) is 0 Å². The summed E-state index contributed by atoms with van der Waals surface area (Å²) in [4.78, 5) is 39.1. The van der Waals surface area contributed by atoms with Gasteiger partial charge in [-0.3, -0.25) is 19.3 Å². The molecule has 2 aliphatic heterocycles. The van der Waals surface area contributed by atoms with Gasteiger partial charge in [-0.25, -0.2) is 0 Å². The minimum absolute atomic E-state index is 0.133. The summed E-state index contributed by atoms with van der Waals surface area (Å²) in [7, 11) is -2.16. The number of carbonyl (C=O) groups excluding carboxylic acids is 3. The number of nitrogens with one attached hydrogen (secondary N) is 1. The van der Waals surface area contributed by atoms with E-state index in [1.165, 1.54) is 4.90 Å². The molecule has 1 N–H and O–H groups in total. The maximum absolute atomic E-state index is 13.0. The molecule has 1 unspecified atom stereocenters. The van der Waals surface area contributed by atoms with Gasteiger partial charge in [0, 0.05) is 0 Å². The molecule has 2 amide bonds. The molecule has 0 saturated carbocycles. The first kappa shape index (κ1) is 20.9. The third-order valence-corrected chi connectivity index (χ3v) is 7.92. The molecule has 3 rings (SSSR count). The first-order valence-corrected chi connectivity index (χ1v) is 13.8. The van der Waals surface area contributed by atoms with Crippen LogP contribution in [0.3, 0.4) is 0 Å². The second kappa shape index (κ2) is 7.20. The Morgan fingerprint density at radius 3 is 2.43 bits per heavy atom. The Morgan fingerprint density at radius 2 is 1.86 bits per heavy atom. The van der Waals surface area contributed by atoms with Crippen molar-refractivity contribution in [1.29, 1.82) is 0 Å². The molecule has 2 saturated heterocycles. The summed E-state index contributed by atoms with van der Waals surface area (Å²) in [5.41, 5.74) is 0.827. The minimum atomic E-state index is -2.16. The normalized spacial score (nSPS) is 28.4. The molecule has 9 heteroatoms. The largest absolute Gasteiger partial charge is 0.614 e. The van der Waals surface area contributed by atoms with Crippen LogP contribution in [0.5, 0.6) is 0 Å². The molecule has 2 aliphatic rings. The van der Waals surface area contributed by atoms with E-state index in [9.17, 15) is 18.9 Å². The molecule has 28 heavy (non-hydrogen) atoms. The lowest BCUT2D eigenvalue weighted by Crippen LogP contribution is -2.72. The molecule has 0 radical (unpaired) electrons. The van der Waals surface area contributed by atoms with Gasteiger partial charge in [0.1, 0.15) is 0 Å². The summed E-state index contributed by atoms with van der Waals surface area (Å²) < 4.78 is 17.7. The Hall–Kier alpha value is -1.84. The number of fused-ring (bicyclic) bond motifs is 1. The molecule has 4 atom stereocenters. The zero-order valence-electron chi connectivity index (χ0n) is 16.7. The molecule has 1 aromatic rings. The summed E-state index contributed by atoms with van der Waals surface area (Å²) >= 11 is -1.51. The van der Waals surface area contributed by atoms with Gasteiger partial charge < -0.3 is 14.3 Å². The standard InChI is InChI=1S/C19H26N2O5SSi/c1-19(2)15(18(24)26-28(3,4)5)21-16(23)14(17(21)27(19)25)20-13(22)11-12-9-7-6-8-10-12/h6-10,14-15,17H,11H2,1-5H3,(H,20,22)/t14-,15+,17-,27?/m1/s1. The molecule has 152 valence electrons. The number of hydrogen-bond acceptors (Lipinski definition) is 5. The molecular formula is C19H26N2O5SSi. The van der Waals surface area contributed by atoms with E-state index in [1.807, 2.05) is 50.0 Å². The SMILES string of the molecule is CC1(C)[C@H](C(=O)O[Si](C)(C)C)N2C(=O)[C@@H](NC(=O)Cc3ccccc3)[C@H]2[S+]1[O-]. The average molecular weight is 423 g/mol. The highest BCUT2D eigenvalue weighted by Gasteiger charge is 2.73. The summed E-state index contributed by atoms with van der Waals surface area (Å²) in [6.07, 6.45) is 0.133. The lowest BCUT2D eigenvalue weighted by molar-refractivity contribution is -0.160. The average Bonchev–Trinajstić information content (AvgIpc) is 2.77. The molecule has 2 fully saturated rings. The highest BCUT2D eigenvalue weighted by molar-refractivity contribution is 7.94. The first-order chi connectivity index (χ1) is 12.9. The molecule has 0 bridgehead atoms. The molecule has 1 aromatic carbocycles. The fourth-order valence-electron chi connectivity index (χ4n) is 3.64. The van der Waals surface area contributed by atoms with E-state index >= 15 is 0 Å². The number of amides is 2. The quantitative estimate of drug-likeness (QED) is 0.436. The maximum atomic E-state index is 13.0. The van der Waals surface area contributed by atoms with E-state index in [0.717, 1.165) is 5.56 Å². The molecule has 2 heterocycles. The molecule has 0 aromatic heterocycles. The summed E-state index contributed by atoms with van der Waals surface area (Å²) in [5, 5.41) is 1.99. The van der Waals surface area contributed by atoms with Crippen LogP contribution in [-0.2, 0) is 36.4 Å². The lowest BCUT2D eigenvalue weighted by atomic mass is 9.96. The van der Waals surface area contributed by atoms with Crippen LogP contribution in [0.25, 0.3) is 0 Å². The Balaban J connectivity index is 1.73. The Labute approximate surface area is 169 Å². The van der Waals surface area contributed by atoms with Crippen molar-refractivity contribution >= 4 is 37.3 Å². The second-order valence-electron chi connectivity index (χ2n) is 8.68. The van der Waals surface area contributed by atoms with Crippen LogP contribution in [-0.4, -0.2) is 57.8 Å². The third-order valence-electron chi connectivity index (χ3n) is 4.91. The van der Waals surface area contributed by atoms with Gasteiger partial charge >= 0.3 is 5.97 Å². The summed E-state index contributed by atoms with van der Waals surface area (Å²) in [5.74, 6) is -1.21. The molecular weight excluding hydrogens is 396 g/mol. The van der Waals surface area contributed by atoms with Gasteiger partial charge in [-0.15, -0.1) is 0 Å². The third kappa shape index (κ3) is 3.70. The number of β-lactam (4-membered cyclic amide) rings is 1. The van der Waals surface area contributed by atoms with Gasteiger partial charge in [-0.2, -0.15) is 0 Å². The van der Waals surface area contributed by atoms with Gasteiger partial charge in [-0.1, -0.05) is 30.3 Å². The summed E-state index contributed by atoms with van der Waals surface area (Å²) in [6.45, 7) is 9.05. The van der Waals surface area contributed by atoms with Crippen molar-refractivity contribution in [2.24, 2.45) is 0 Å². The van der Waals surface area contributed by atoms with E-state index in [0.29, 0.717) is 0 Å². The minimum Gasteiger partial charge on any atom is -0.614 e. The van der Waals surface area contributed by atoms with E-state index < -0.39 is 47.7 Å². The highest BCUT2D eigenvalue weighted by Crippen LogP contribution is 2.46. The van der Waals surface area contributed by atoms with Crippen LogP contribution in [0.15, 0.2) is 30.3 Å². The van der Waals surface area contributed by atoms with Crippen molar-refractivity contribution in [2.45, 2.75) is 62.1 Å². The fourth-order valence-corrected chi connectivity index (χ4v) is 6.27. The van der Waals surface area contributed by atoms with E-state index in [1.54, 1.807) is 13.8 Å². The fraction of sp³-hybridized carbons (Fsp3) is 0.526. The van der Waals surface area contributed by atoms with Crippen LogP contribution in [0.4, 0.5) is 0 Å². The Kier molecular flexibility index (Phi) is 5.37.